The number of benzene rings is 1. The number of rotatable bonds is 2. The average Bonchev–Trinajstić information content (AvgIpc) is 3.28. The van der Waals surface area contributed by atoms with Gasteiger partial charge in [-0.2, -0.15) is 0 Å². The fraction of sp³-hybridized carbons (Fsp3) is 0.500. The van der Waals surface area contributed by atoms with E-state index in [1.807, 2.05) is 9.80 Å². The third-order valence-corrected chi connectivity index (χ3v) is 6.03. The predicted molar refractivity (Wildman–Crippen MR) is 95.0 cm³/mol. The van der Waals surface area contributed by atoms with Gasteiger partial charge in [0.15, 0.2) is 0 Å². The Labute approximate surface area is 147 Å². The molecule has 3 heterocycles. The Balaban J connectivity index is 1.38. The van der Waals surface area contributed by atoms with E-state index >= 15 is 0 Å². The molecule has 5 rings (SSSR count). The largest absolute Gasteiger partial charge is 0.358 e. The second kappa shape index (κ2) is 5.35. The van der Waals surface area contributed by atoms with Crippen LogP contribution in [0.2, 0.25) is 0 Å². The van der Waals surface area contributed by atoms with Gasteiger partial charge in [0.05, 0.1) is 5.92 Å². The molecule has 0 bridgehead atoms. The zero-order valence-corrected chi connectivity index (χ0v) is 14.5. The van der Waals surface area contributed by atoms with Crippen LogP contribution in [0.1, 0.15) is 36.1 Å². The topological polar surface area (TPSA) is 56.4 Å². The molecule has 1 aromatic heterocycles. The third kappa shape index (κ3) is 2.36. The zero-order chi connectivity index (χ0) is 17.1. The molecule has 5 heteroatoms. The Morgan fingerprint density at radius 1 is 1.28 bits per heavy atom. The molecule has 25 heavy (non-hydrogen) atoms. The lowest BCUT2D eigenvalue weighted by Crippen LogP contribution is -2.40. The highest BCUT2D eigenvalue weighted by Crippen LogP contribution is 2.34. The van der Waals surface area contributed by atoms with Gasteiger partial charge in [0, 0.05) is 60.7 Å². The summed E-state index contributed by atoms with van der Waals surface area (Å²) in [5.74, 6) is 0.173. The molecular weight excluding hydrogens is 314 g/mol. The van der Waals surface area contributed by atoms with Crippen LogP contribution in [0.15, 0.2) is 18.2 Å². The summed E-state index contributed by atoms with van der Waals surface area (Å²) >= 11 is 0. The molecule has 1 saturated heterocycles. The Kier molecular flexibility index (Phi) is 3.21. The summed E-state index contributed by atoms with van der Waals surface area (Å²) in [6.45, 7) is 4.14. The number of aromatic nitrogens is 1. The number of aryl methyl sites for hydroxylation is 1. The lowest BCUT2D eigenvalue weighted by Gasteiger charge is -2.29. The Morgan fingerprint density at radius 3 is 2.92 bits per heavy atom. The second-order valence-electron chi connectivity index (χ2n) is 7.77. The number of hydrogen-bond acceptors (Lipinski definition) is 2. The second-order valence-corrected chi connectivity index (χ2v) is 7.77. The minimum Gasteiger partial charge on any atom is -0.358 e. The van der Waals surface area contributed by atoms with Crippen molar-refractivity contribution in [3.05, 3.63) is 35.0 Å². The number of nitrogens with one attached hydrogen (secondary N) is 1. The molecule has 0 radical (unpaired) electrons. The molecule has 130 valence electrons. The van der Waals surface area contributed by atoms with E-state index in [9.17, 15) is 9.59 Å². The van der Waals surface area contributed by atoms with E-state index in [1.54, 1.807) is 0 Å². The summed E-state index contributed by atoms with van der Waals surface area (Å²) in [6, 6.07) is 6.74. The first-order valence-electron chi connectivity index (χ1n) is 9.29. The molecule has 1 atom stereocenters. The van der Waals surface area contributed by atoms with Crippen molar-refractivity contribution in [2.45, 2.75) is 45.2 Å². The summed E-state index contributed by atoms with van der Waals surface area (Å²) in [5.41, 5.74) is 4.95. The Morgan fingerprint density at radius 2 is 2.12 bits per heavy atom. The molecule has 1 saturated carbocycles. The fourth-order valence-electron chi connectivity index (χ4n) is 4.47. The number of fused-ring (bicyclic) bond motifs is 3. The van der Waals surface area contributed by atoms with Crippen molar-refractivity contribution in [2.75, 3.05) is 13.1 Å². The van der Waals surface area contributed by atoms with Crippen LogP contribution in [-0.4, -0.2) is 45.7 Å². The number of nitrogens with zero attached hydrogens (tertiary/aromatic N) is 2. The average molecular weight is 337 g/mol. The van der Waals surface area contributed by atoms with Crippen molar-refractivity contribution in [1.82, 2.24) is 14.8 Å². The van der Waals surface area contributed by atoms with Crippen LogP contribution in [0.25, 0.3) is 10.9 Å². The number of likely N-dealkylation sites (tertiary alicyclic amines) is 1. The van der Waals surface area contributed by atoms with Crippen molar-refractivity contribution in [1.29, 1.82) is 0 Å². The quantitative estimate of drug-likeness (QED) is 0.915. The first-order valence-corrected chi connectivity index (χ1v) is 9.29. The summed E-state index contributed by atoms with van der Waals surface area (Å²) in [5, 5.41) is 1.23. The number of para-hydroxylation sites is 1. The number of H-pyrrole nitrogens is 1. The molecular formula is C20H23N3O2. The van der Waals surface area contributed by atoms with Gasteiger partial charge in [-0.3, -0.25) is 9.59 Å². The van der Waals surface area contributed by atoms with Crippen LogP contribution < -0.4 is 0 Å². The summed E-state index contributed by atoms with van der Waals surface area (Å²) in [7, 11) is 0. The Bertz CT molecular complexity index is 880. The lowest BCUT2D eigenvalue weighted by atomic mass is 10.0. The normalized spacial score (nSPS) is 23.4. The molecule has 1 aromatic carbocycles. The van der Waals surface area contributed by atoms with Gasteiger partial charge in [0.2, 0.25) is 11.8 Å². The maximum Gasteiger partial charge on any atom is 0.228 e. The maximum atomic E-state index is 13.0. The van der Waals surface area contributed by atoms with Gasteiger partial charge in [-0.1, -0.05) is 18.2 Å². The summed E-state index contributed by atoms with van der Waals surface area (Å²) in [4.78, 5) is 32.6. The van der Waals surface area contributed by atoms with Crippen LogP contribution in [0, 0.1) is 12.8 Å². The molecule has 2 aliphatic heterocycles. The zero-order valence-electron chi connectivity index (χ0n) is 14.5. The molecule has 2 amide bonds. The van der Waals surface area contributed by atoms with Crippen LogP contribution in [0.4, 0.5) is 0 Å². The van der Waals surface area contributed by atoms with E-state index < -0.39 is 0 Å². The minimum absolute atomic E-state index is 0.151. The SMILES string of the molecule is Cc1cccc2c3c([nH]c12)CCN(C(=O)[C@H]1CC(=O)N(C2CC2)C1)C3. The van der Waals surface area contributed by atoms with Gasteiger partial charge < -0.3 is 14.8 Å². The van der Waals surface area contributed by atoms with Gasteiger partial charge in [0.25, 0.3) is 0 Å². The number of hydrogen-bond donors (Lipinski definition) is 1. The monoisotopic (exact) mass is 337 g/mol. The van der Waals surface area contributed by atoms with Gasteiger partial charge >= 0.3 is 0 Å². The van der Waals surface area contributed by atoms with Crippen LogP contribution in [-0.2, 0) is 22.6 Å². The van der Waals surface area contributed by atoms with Crippen LogP contribution in [0.5, 0.6) is 0 Å². The minimum atomic E-state index is -0.151. The van der Waals surface area contributed by atoms with E-state index in [-0.39, 0.29) is 17.7 Å². The van der Waals surface area contributed by atoms with Crippen molar-refractivity contribution in [3.8, 4) is 0 Å². The predicted octanol–water partition coefficient (Wildman–Crippen LogP) is 2.37. The first-order chi connectivity index (χ1) is 12.1. The van der Waals surface area contributed by atoms with E-state index in [4.69, 9.17) is 0 Å². The molecule has 5 nitrogen and oxygen atoms in total. The standard InChI is InChI=1S/C20H23N3O2/c1-12-3-2-4-15-16-11-22(8-7-17(16)21-19(12)15)20(25)13-9-18(24)23(10-13)14-5-6-14/h2-4,13-14,21H,5-11H2,1H3/t13-/m0/s1. The molecule has 2 aromatic rings. The summed E-state index contributed by atoms with van der Waals surface area (Å²) < 4.78 is 0. The highest BCUT2D eigenvalue weighted by molar-refractivity contribution is 5.91. The molecule has 0 unspecified atom stereocenters. The number of carbonyl (C=O) groups excluding carboxylic acids is 2. The van der Waals surface area contributed by atoms with E-state index in [0.29, 0.717) is 25.6 Å². The Hall–Kier alpha value is -2.30. The number of carbonyl (C=O) groups is 2. The fourth-order valence-corrected chi connectivity index (χ4v) is 4.47. The van der Waals surface area contributed by atoms with Crippen molar-refractivity contribution in [2.24, 2.45) is 5.92 Å². The van der Waals surface area contributed by atoms with Crippen molar-refractivity contribution in [3.63, 3.8) is 0 Å². The van der Waals surface area contributed by atoms with Crippen LogP contribution in [0.3, 0.4) is 0 Å². The highest BCUT2D eigenvalue weighted by Gasteiger charge is 2.43. The molecule has 2 fully saturated rings. The van der Waals surface area contributed by atoms with Crippen molar-refractivity contribution < 1.29 is 9.59 Å². The van der Waals surface area contributed by atoms with Crippen molar-refractivity contribution >= 4 is 22.7 Å². The maximum absolute atomic E-state index is 13.0. The van der Waals surface area contributed by atoms with Gasteiger partial charge in [-0.15, -0.1) is 0 Å². The van der Waals surface area contributed by atoms with E-state index in [2.05, 4.69) is 30.1 Å². The highest BCUT2D eigenvalue weighted by atomic mass is 16.2. The number of aromatic amines is 1. The van der Waals surface area contributed by atoms with Gasteiger partial charge in [0.1, 0.15) is 0 Å². The van der Waals surface area contributed by atoms with Gasteiger partial charge in [-0.25, -0.2) is 0 Å². The lowest BCUT2D eigenvalue weighted by molar-refractivity contribution is -0.136. The van der Waals surface area contributed by atoms with E-state index in [0.717, 1.165) is 25.8 Å². The molecule has 1 aliphatic carbocycles. The third-order valence-electron chi connectivity index (χ3n) is 6.03. The first kappa shape index (κ1) is 15.0. The summed E-state index contributed by atoms with van der Waals surface area (Å²) in [6.07, 6.45) is 3.47. The van der Waals surface area contributed by atoms with E-state index in [1.165, 1.54) is 27.7 Å². The van der Waals surface area contributed by atoms with Gasteiger partial charge in [-0.05, 0) is 25.3 Å². The molecule has 3 aliphatic rings. The number of amides is 2. The molecule has 1 N–H and O–H groups in total. The smallest absolute Gasteiger partial charge is 0.228 e. The molecule has 0 spiro atoms. The van der Waals surface area contributed by atoms with Crippen LogP contribution >= 0.6 is 0 Å².